The van der Waals surface area contributed by atoms with Crippen molar-refractivity contribution in [3.63, 3.8) is 0 Å². The van der Waals surface area contributed by atoms with Crippen molar-refractivity contribution in [2.24, 2.45) is 0 Å². The van der Waals surface area contributed by atoms with Crippen molar-refractivity contribution >= 4 is 34.7 Å². The Kier molecular flexibility index (Phi) is 4.49. The zero-order valence-corrected chi connectivity index (χ0v) is 13.7. The van der Waals surface area contributed by atoms with Crippen LogP contribution in [0.3, 0.4) is 0 Å². The molecular formula is C19H16ClNO2. The molecule has 2 aromatic carbocycles. The lowest BCUT2D eigenvalue weighted by Crippen LogP contribution is -1.92. The number of rotatable bonds is 4. The van der Waals surface area contributed by atoms with E-state index in [-0.39, 0.29) is 0 Å². The second-order valence-electron chi connectivity index (χ2n) is 5.00. The van der Waals surface area contributed by atoms with Gasteiger partial charge in [-0.2, -0.15) is 0 Å². The van der Waals surface area contributed by atoms with E-state index in [1.807, 2.05) is 54.6 Å². The van der Waals surface area contributed by atoms with E-state index in [4.69, 9.17) is 21.1 Å². The predicted octanol–water partition coefficient (Wildman–Crippen LogP) is 5.08. The van der Waals surface area contributed by atoms with Gasteiger partial charge < -0.3 is 9.47 Å². The van der Waals surface area contributed by atoms with Crippen LogP contribution in [-0.2, 0) is 0 Å². The van der Waals surface area contributed by atoms with Gasteiger partial charge in [-0.25, -0.2) is 4.98 Å². The van der Waals surface area contributed by atoms with Crippen molar-refractivity contribution < 1.29 is 9.47 Å². The first kappa shape index (κ1) is 15.4. The van der Waals surface area contributed by atoms with Crippen molar-refractivity contribution in [2.75, 3.05) is 14.2 Å². The molecule has 1 aromatic heterocycles. The molecule has 0 unspecified atom stereocenters. The van der Waals surface area contributed by atoms with Crippen LogP contribution in [0.4, 0.5) is 0 Å². The van der Waals surface area contributed by atoms with Crippen LogP contribution < -0.4 is 9.47 Å². The van der Waals surface area contributed by atoms with Gasteiger partial charge in [-0.1, -0.05) is 41.9 Å². The number of pyridine rings is 1. The number of methoxy groups -OCH3 is 2. The Morgan fingerprint density at radius 3 is 2.57 bits per heavy atom. The number of fused-ring (bicyclic) bond motifs is 1. The second kappa shape index (κ2) is 6.71. The molecule has 3 nitrogen and oxygen atoms in total. The number of para-hydroxylation sites is 1. The maximum Gasteiger partial charge on any atom is 0.179 e. The maximum atomic E-state index is 6.22. The van der Waals surface area contributed by atoms with Gasteiger partial charge in [0.15, 0.2) is 11.5 Å². The second-order valence-corrected chi connectivity index (χ2v) is 5.41. The molecule has 0 N–H and O–H groups in total. The number of aromatic nitrogens is 1. The molecule has 0 aliphatic carbocycles. The fourth-order valence-electron chi connectivity index (χ4n) is 2.39. The molecule has 0 atom stereocenters. The normalized spacial score (nSPS) is 11.1. The number of ether oxygens (including phenoxy) is 2. The first-order valence-electron chi connectivity index (χ1n) is 7.16. The zero-order chi connectivity index (χ0) is 16.2. The van der Waals surface area contributed by atoms with Crippen LogP contribution in [-0.4, -0.2) is 19.2 Å². The quantitative estimate of drug-likeness (QED) is 0.670. The van der Waals surface area contributed by atoms with E-state index in [2.05, 4.69) is 11.1 Å². The minimum Gasteiger partial charge on any atom is -0.493 e. The molecule has 0 amide bonds. The molecular weight excluding hydrogens is 310 g/mol. The van der Waals surface area contributed by atoms with Crippen molar-refractivity contribution in [1.29, 1.82) is 0 Å². The highest BCUT2D eigenvalue weighted by Gasteiger charge is 2.09. The third kappa shape index (κ3) is 3.30. The SMILES string of the molecule is COc1cc(C=Cc2ccc3ccccc3n2)cc(Cl)c1OC. The summed E-state index contributed by atoms with van der Waals surface area (Å²) in [5.41, 5.74) is 2.78. The highest BCUT2D eigenvalue weighted by atomic mass is 35.5. The Morgan fingerprint density at radius 2 is 1.78 bits per heavy atom. The first-order valence-corrected chi connectivity index (χ1v) is 7.54. The van der Waals surface area contributed by atoms with E-state index in [1.54, 1.807) is 14.2 Å². The molecule has 0 spiro atoms. The van der Waals surface area contributed by atoms with E-state index >= 15 is 0 Å². The van der Waals surface area contributed by atoms with Gasteiger partial charge in [-0.15, -0.1) is 0 Å². The van der Waals surface area contributed by atoms with Gasteiger partial charge in [-0.3, -0.25) is 0 Å². The standard InChI is InChI=1S/C19H16ClNO2/c1-22-18-12-13(11-16(20)19(18)23-2)7-9-15-10-8-14-5-3-4-6-17(14)21-15/h3-12H,1-2H3. The number of benzene rings is 2. The fourth-order valence-corrected chi connectivity index (χ4v) is 2.69. The van der Waals surface area contributed by atoms with Gasteiger partial charge in [0.1, 0.15) is 0 Å². The molecule has 23 heavy (non-hydrogen) atoms. The third-order valence-corrected chi connectivity index (χ3v) is 3.80. The molecule has 0 saturated carbocycles. The summed E-state index contributed by atoms with van der Waals surface area (Å²) in [6.07, 6.45) is 3.90. The van der Waals surface area contributed by atoms with Crippen LogP contribution in [0, 0.1) is 0 Å². The average molecular weight is 326 g/mol. The smallest absolute Gasteiger partial charge is 0.179 e. The summed E-state index contributed by atoms with van der Waals surface area (Å²) >= 11 is 6.22. The Labute approximate surface area is 140 Å². The number of halogens is 1. The van der Waals surface area contributed by atoms with Crippen LogP contribution in [0.2, 0.25) is 5.02 Å². The highest BCUT2D eigenvalue weighted by molar-refractivity contribution is 6.32. The summed E-state index contributed by atoms with van der Waals surface area (Å²) in [7, 11) is 3.16. The third-order valence-electron chi connectivity index (χ3n) is 3.52. The minimum atomic E-state index is 0.512. The van der Waals surface area contributed by atoms with Crippen molar-refractivity contribution in [1.82, 2.24) is 4.98 Å². The van der Waals surface area contributed by atoms with Crippen LogP contribution in [0.1, 0.15) is 11.3 Å². The molecule has 3 aromatic rings. The lowest BCUT2D eigenvalue weighted by Gasteiger charge is -2.10. The topological polar surface area (TPSA) is 31.4 Å². The van der Waals surface area contributed by atoms with E-state index in [9.17, 15) is 0 Å². The maximum absolute atomic E-state index is 6.22. The molecule has 0 bridgehead atoms. The molecule has 0 radical (unpaired) electrons. The molecule has 1 heterocycles. The minimum absolute atomic E-state index is 0.512. The Hall–Kier alpha value is -2.52. The monoisotopic (exact) mass is 325 g/mol. The lowest BCUT2D eigenvalue weighted by atomic mass is 10.1. The molecule has 0 aliphatic heterocycles. The van der Waals surface area contributed by atoms with E-state index < -0.39 is 0 Å². The number of nitrogens with zero attached hydrogens (tertiary/aromatic N) is 1. The predicted molar refractivity (Wildman–Crippen MR) is 95.2 cm³/mol. The molecule has 0 fully saturated rings. The summed E-state index contributed by atoms with van der Waals surface area (Å²) in [4.78, 5) is 4.61. The molecule has 3 rings (SSSR count). The average Bonchev–Trinajstić information content (AvgIpc) is 2.59. The summed E-state index contributed by atoms with van der Waals surface area (Å²) in [6, 6.07) is 15.8. The largest absolute Gasteiger partial charge is 0.493 e. The van der Waals surface area contributed by atoms with E-state index in [0.29, 0.717) is 16.5 Å². The zero-order valence-electron chi connectivity index (χ0n) is 12.9. The molecule has 0 saturated heterocycles. The Balaban J connectivity index is 1.93. The summed E-state index contributed by atoms with van der Waals surface area (Å²) < 4.78 is 10.5. The summed E-state index contributed by atoms with van der Waals surface area (Å²) in [5.74, 6) is 1.14. The van der Waals surface area contributed by atoms with Crippen LogP contribution >= 0.6 is 11.6 Å². The van der Waals surface area contributed by atoms with E-state index in [0.717, 1.165) is 22.2 Å². The van der Waals surface area contributed by atoms with Gasteiger partial charge >= 0.3 is 0 Å². The number of hydrogen-bond acceptors (Lipinski definition) is 3. The molecule has 4 heteroatoms. The molecule has 116 valence electrons. The summed E-state index contributed by atoms with van der Waals surface area (Å²) in [6.45, 7) is 0. The van der Waals surface area contributed by atoms with Gasteiger partial charge in [0.05, 0.1) is 30.5 Å². The van der Waals surface area contributed by atoms with Crippen molar-refractivity contribution in [2.45, 2.75) is 0 Å². The van der Waals surface area contributed by atoms with Crippen LogP contribution in [0.25, 0.3) is 23.1 Å². The first-order chi connectivity index (χ1) is 11.2. The lowest BCUT2D eigenvalue weighted by molar-refractivity contribution is 0.355. The van der Waals surface area contributed by atoms with E-state index in [1.165, 1.54) is 0 Å². The molecule has 0 aliphatic rings. The Morgan fingerprint density at radius 1 is 0.957 bits per heavy atom. The highest BCUT2D eigenvalue weighted by Crippen LogP contribution is 2.36. The van der Waals surface area contributed by atoms with Gasteiger partial charge in [0.2, 0.25) is 0 Å². The van der Waals surface area contributed by atoms with Crippen molar-refractivity contribution in [3.8, 4) is 11.5 Å². The van der Waals surface area contributed by atoms with Crippen LogP contribution in [0.5, 0.6) is 11.5 Å². The van der Waals surface area contributed by atoms with Crippen molar-refractivity contribution in [3.05, 3.63) is 64.8 Å². The Bertz CT molecular complexity index is 874. The van der Waals surface area contributed by atoms with Gasteiger partial charge in [0.25, 0.3) is 0 Å². The van der Waals surface area contributed by atoms with Gasteiger partial charge in [-0.05, 0) is 35.9 Å². The fraction of sp³-hybridized carbons (Fsp3) is 0.105. The number of hydrogen-bond donors (Lipinski definition) is 0. The van der Waals surface area contributed by atoms with Crippen LogP contribution in [0.15, 0.2) is 48.5 Å². The van der Waals surface area contributed by atoms with Gasteiger partial charge in [0, 0.05) is 5.39 Å². The summed E-state index contributed by atoms with van der Waals surface area (Å²) in [5, 5.41) is 1.64.